The molecule has 0 spiro atoms. The van der Waals surface area contributed by atoms with Crippen LogP contribution in [0.5, 0.6) is 0 Å². The predicted molar refractivity (Wildman–Crippen MR) is 96.8 cm³/mol. The van der Waals surface area contributed by atoms with E-state index in [9.17, 15) is 9.59 Å². The van der Waals surface area contributed by atoms with E-state index in [-0.39, 0.29) is 11.8 Å². The summed E-state index contributed by atoms with van der Waals surface area (Å²) in [4.78, 5) is 28.7. The SMILES string of the molecule is CC1CN(CCN2C(=O)c3ccccc3C2=O)c2ccccc2CN1. The van der Waals surface area contributed by atoms with E-state index in [1.165, 1.54) is 16.2 Å². The Labute approximate surface area is 147 Å². The largest absolute Gasteiger partial charge is 0.368 e. The molecule has 0 aromatic heterocycles. The van der Waals surface area contributed by atoms with Crippen LogP contribution >= 0.6 is 0 Å². The number of anilines is 1. The van der Waals surface area contributed by atoms with Gasteiger partial charge in [-0.1, -0.05) is 30.3 Å². The minimum Gasteiger partial charge on any atom is -0.368 e. The van der Waals surface area contributed by atoms with E-state index in [0.29, 0.717) is 30.3 Å². The molecule has 0 bridgehead atoms. The summed E-state index contributed by atoms with van der Waals surface area (Å²) >= 11 is 0. The van der Waals surface area contributed by atoms with E-state index >= 15 is 0 Å². The van der Waals surface area contributed by atoms with Crippen LogP contribution in [0.4, 0.5) is 5.69 Å². The number of para-hydroxylation sites is 1. The van der Waals surface area contributed by atoms with Gasteiger partial charge in [-0.3, -0.25) is 14.5 Å². The second-order valence-electron chi connectivity index (χ2n) is 6.66. The first-order valence-corrected chi connectivity index (χ1v) is 8.66. The van der Waals surface area contributed by atoms with Gasteiger partial charge in [-0.15, -0.1) is 0 Å². The minimum atomic E-state index is -0.185. The third-order valence-electron chi connectivity index (χ3n) is 4.94. The molecular formula is C20H21N3O2. The number of carbonyl (C=O) groups excluding carboxylic acids is 2. The van der Waals surface area contributed by atoms with Gasteiger partial charge in [0.2, 0.25) is 0 Å². The first-order valence-electron chi connectivity index (χ1n) is 8.66. The topological polar surface area (TPSA) is 52.7 Å². The molecule has 0 radical (unpaired) electrons. The van der Waals surface area contributed by atoms with E-state index in [1.54, 1.807) is 24.3 Å². The molecule has 2 heterocycles. The van der Waals surface area contributed by atoms with Gasteiger partial charge in [0.1, 0.15) is 0 Å². The number of nitrogens with one attached hydrogen (secondary N) is 1. The molecule has 2 aliphatic rings. The normalized spacial score (nSPS) is 19.6. The Morgan fingerprint density at radius 2 is 1.60 bits per heavy atom. The highest BCUT2D eigenvalue weighted by molar-refractivity contribution is 6.21. The van der Waals surface area contributed by atoms with Crippen LogP contribution in [-0.2, 0) is 6.54 Å². The second kappa shape index (κ2) is 6.33. The lowest BCUT2D eigenvalue weighted by Gasteiger charge is -2.28. The summed E-state index contributed by atoms with van der Waals surface area (Å²) in [7, 11) is 0. The number of nitrogens with zero attached hydrogens (tertiary/aromatic N) is 2. The number of amides is 2. The van der Waals surface area contributed by atoms with Crippen molar-refractivity contribution in [3.63, 3.8) is 0 Å². The van der Waals surface area contributed by atoms with Crippen LogP contribution < -0.4 is 10.2 Å². The van der Waals surface area contributed by atoms with Crippen LogP contribution in [0.2, 0.25) is 0 Å². The highest BCUT2D eigenvalue weighted by Crippen LogP contribution is 2.25. The molecule has 2 amide bonds. The van der Waals surface area contributed by atoms with Crippen molar-refractivity contribution in [2.24, 2.45) is 0 Å². The van der Waals surface area contributed by atoms with Crippen LogP contribution in [-0.4, -0.2) is 42.4 Å². The summed E-state index contributed by atoms with van der Waals surface area (Å²) in [5, 5.41) is 3.50. The molecule has 0 saturated carbocycles. The molecule has 4 rings (SSSR count). The molecule has 5 heteroatoms. The van der Waals surface area contributed by atoms with Crippen molar-refractivity contribution in [1.29, 1.82) is 0 Å². The van der Waals surface area contributed by atoms with Crippen molar-refractivity contribution in [1.82, 2.24) is 10.2 Å². The highest BCUT2D eigenvalue weighted by Gasteiger charge is 2.35. The molecule has 5 nitrogen and oxygen atoms in total. The molecule has 0 aliphatic carbocycles. The maximum absolute atomic E-state index is 12.5. The number of imide groups is 1. The summed E-state index contributed by atoms with van der Waals surface area (Å²) in [6, 6.07) is 15.7. The number of rotatable bonds is 3. The van der Waals surface area contributed by atoms with Crippen LogP contribution in [0, 0.1) is 0 Å². The maximum atomic E-state index is 12.5. The second-order valence-corrected chi connectivity index (χ2v) is 6.66. The molecule has 0 fully saturated rings. The molecule has 1 unspecified atom stereocenters. The number of fused-ring (bicyclic) bond motifs is 2. The molecule has 0 saturated heterocycles. The van der Waals surface area contributed by atoms with Crippen LogP contribution in [0.1, 0.15) is 33.2 Å². The fourth-order valence-electron chi connectivity index (χ4n) is 3.62. The Kier molecular flexibility index (Phi) is 4.01. The number of hydrogen-bond acceptors (Lipinski definition) is 4. The van der Waals surface area contributed by atoms with Crippen molar-refractivity contribution in [3.8, 4) is 0 Å². The van der Waals surface area contributed by atoms with Gasteiger partial charge in [0, 0.05) is 37.9 Å². The van der Waals surface area contributed by atoms with Gasteiger partial charge in [-0.2, -0.15) is 0 Å². The van der Waals surface area contributed by atoms with E-state index < -0.39 is 0 Å². The Bertz CT molecular complexity index is 798. The van der Waals surface area contributed by atoms with Crippen molar-refractivity contribution in [2.75, 3.05) is 24.5 Å². The average Bonchev–Trinajstić information content (AvgIpc) is 2.78. The lowest BCUT2D eigenvalue weighted by molar-refractivity contribution is 0.0658. The van der Waals surface area contributed by atoms with E-state index in [2.05, 4.69) is 29.3 Å². The fraction of sp³-hybridized carbons (Fsp3) is 0.300. The summed E-state index contributed by atoms with van der Waals surface area (Å²) in [5.74, 6) is -0.371. The fourth-order valence-corrected chi connectivity index (χ4v) is 3.62. The lowest BCUT2D eigenvalue weighted by Crippen LogP contribution is -2.42. The molecule has 1 atom stereocenters. The predicted octanol–water partition coefficient (Wildman–Crippen LogP) is 2.28. The molecule has 128 valence electrons. The van der Waals surface area contributed by atoms with Crippen LogP contribution in [0.15, 0.2) is 48.5 Å². The summed E-state index contributed by atoms with van der Waals surface area (Å²) < 4.78 is 0. The smallest absolute Gasteiger partial charge is 0.261 e. The summed E-state index contributed by atoms with van der Waals surface area (Å²) in [6.07, 6.45) is 0. The summed E-state index contributed by atoms with van der Waals surface area (Å²) in [6.45, 7) is 4.86. The number of benzene rings is 2. The minimum absolute atomic E-state index is 0.185. The summed E-state index contributed by atoms with van der Waals surface area (Å²) in [5.41, 5.74) is 3.45. The van der Waals surface area contributed by atoms with Crippen LogP contribution in [0.3, 0.4) is 0 Å². The number of hydrogen-bond donors (Lipinski definition) is 1. The molecule has 2 aromatic rings. The average molecular weight is 335 g/mol. The number of carbonyl (C=O) groups is 2. The van der Waals surface area contributed by atoms with Crippen molar-refractivity contribution >= 4 is 17.5 Å². The standard InChI is InChI=1S/C20H21N3O2/c1-14-13-22(18-9-5-2-6-15(18)12-21-14)10-11-23-19(24)16-7-3-4-8-17(16)20(23)25/h2-9,14,21H,10-13H2,1H3. The van der Waals surface area contributed by atoms with E-state index in [0.717, 1.165) is 13.1 Å². The Balaban J connectivity index is 1.54. The first-order chi connectivity index (χ1) is 12.1. The quantitative estimate of drug-likeness (QED) is 0.875. The highest BCUT2D eigenvalue weighted by atomic mass is 16.2. The molecule has 2 aromatic carbocycles. The first kappa shape index (κ1) is 15.8. The third-order valence-corrected chi connectivity index (χ3v) is 4.94. The van der Waals surface area contributed by atoms with Gasteiger partial charge < -0.3 is 10.2 Å². The zero-order valence-corrected chi connectivity index (χ0v) is 14.2. The molecule has 25 heavy (non-hydrogen) atoms. The van der Waals surface area contributed by atoms with Crippen molar-refractivity contribution in [2.45, 2.75) is 19.5 Å². The lowest BCUT2D eigenvalue weighted by atomic mass is 10.1. The van der Waals surface area contributed by atoms with Gasteiger partial charge in [-0.05, 0) is 30.7 Å². The maximum Gasteiger partial charge on any atom is 0.261 e. The molecular weight excluding hydrogens is 314 g/mol. The zero-order chi connectivity index (χ0) is 17.4. The van der Waals surface area contributed by atoms with Gasteiger partial charge in [0.05, 0.1) is 11.1 Å². The van der Waals surface area contributed by atoms with Crippen LogP contribution in [0.25, 0.3) is 0 Å². The van der Waals surface area contributed by atoms with Gasteiger partial charge in [-0.25, -0.2) is 0 Å². The van der Waals surface area contributed by atoms with E-state index in [4.69, 9.17) is 0 Å². The van der Waals surface area contributed by atoms with Crippen molar-refractivity contribution < 1.29 is 9.59 Å². The van der Waals surface area contributed by atoms with Gasteiger partial charge in [0.25, 0.3) is 11.8 Å². The van der Waals surface area contributed by atoms with Crippen molar-refractivity contribution in [3.05, 3.63) is 65.2 Å². The Morgan fingerprint density at radius 1 is 0.960 bits per heavy atom. The monoisotopic (exact) mass is 335 g/mol. The van der Waals surface area contributed by atoms with E-state index in [1.807, 2.05) is 12.1 Å². The molecule has 2 aliphatic heterocycles. The Morgan fingerprint density at radius 3 is 2.32 bits per heavy atom. The third kappa shape index (κ3) is 2.81. The van der Waals surface area contributed by atoms with Gasteiger partial charge >= 0.3 is 0 Å². The zero-order valence-electron chi connectivity index (χ0n) is 14.2. The van der Waals surface area contributed by atoms with Gasteiger partial charge in [0.15, 0.2) is 0 Å². The molecule has 1 N–H and O–H groups in total. The Hall–Kier alpha value is -2.66.